The van der Waals surface area contributed by atoms with Crippen molar-refractivity contribution >= 4 is 0 Å². The average molecular weight is 249 g/mol. The molecule has 0 spiro atoms. The zero-order valence-corrected chi connectivity index (χ0v) is 11.0. The average Bonchev–Trinajstić information content (AvgIpc) is 2.41. The molecule has 0 atom stereocenters. The lowest BCUT2D eigenvalue weighted by Gasteiger charge is -2.28. The second kappa shape index (κ2) is 6.10. The predicted octanol–water partition coefficient (Wildman–Crippen LogP) is 3.16. The van der Waals surface area contributed by atoms with Crippen LogP contribution in [0.3, 0.4) is 0 Å². The zero-order valence-electron chi connectivity index (χ0n) is 11.0. The van der Waals surface area contributed by atoms with Gasteiger partial charge in [-0.3, -0.25) is 0 Å². The van der Waals surface area contributed by atoms with Gasteiger partial charge in [-0.2, -0.15) is 0 Å². The summed E-state index contributed by atoms with van der Waals surface area (Å²) in [5.74, 6) is 0.826. The van der Waals surface area contributed by atoms with E-state index in [9.17, 15) is 10.2 Å². The molecule has 3 N–H and O–H groups in total. The summed E-state index contributed by atoms with van der Waals surface area (Å²) in [4.78, 5) is 0. The summed E-state index contributed by atoms with van der Waals surface area (Å²) in [6.07, 6.45) is 6.47. The van der Waals surface area contributed by atoms with Gasteiger partial charge in [-0.15, -0.1) is 0 Å². The largest absolute Gasteiger partial charge is 0.504 e. The van der Waals surface area contributed by atoms with Gasteiger partial charge in [0.15, 0.2) is 11.5 Å². The SMILES string of the molecule is CCC1CCC(NCc2ccc(O)c(O)c2)CC1. The van der Waals surface area contributed by atoms with Crippen molar-refractivity contribution in [1.29, 1.82) is 0 Å². The molecule has 1 aromatic carbocycles. The van der Waals surface area contributed by atoms with Crippen LogP contribution in [0.4, 0.5) is 0 Å². The number of nitrogens with one attached hydrogen (secondary N) is 1. The minimum atomic E-state index is -0.0535. The molecule has 0 heterocycles. The molecule has 0 unspecified atom stereocenters. The van der Waals surface area contributed by atoms with Crippen LogP contribution in [0.2, 0.25) is 0 Å². The molecule has 18 heavy (non-hydrogen) atoms. The lowest BCUT2D eigenvalue weighted by molar-refractivity contribution is 0.285. The standard InChI is InChI=1S/C15H23NO2/c1-2-11-3-6-13(7-4-11)16-10-12-5-8-14(17)15(18)9-12/h5,8-9,11,13,16-18H,2-4,6-7,10H2,1H3. The van der Waals surface area contributed by atoms with E-state index in [0.717, 1.165) is 18.0 Å². The van der Waals surface area contributed by atoms with Crippen molar-refractivity contribution < 1.29 is 10.2 Å². The van der Waals surface area contributed by atoms with Crippen LogP contribution in [0.5, 0.6) is 11.5 Å². The third-order valence-electron chi connectivity index (χ3n) is 4.06. The Hall–Kier alpha value is -1.22. The van der Waals surface area contributed by atoms with Crippen molar-refractivity contribution in [1.82, 2.24) is 5.32 Å². The van der Waals surface area contributed by atoms with Crippen LogP contribution in [0.15, 0.2) is 18.2 Å². The first-order valence-electron chi connectivity index (χ1n) is 6.93. The second-order valence-corrected chi connectivity index (χ2v) is 5.33. The monoisotopic (exact) mass is 249 g/mol. The van der Waals surface area contributed by atoms with Crippen molar-refractivity contribution in [3.8, 4) is 11.5 Å². The van der Waals surface area contributed by atoms with Crippen LogP contribution in [-0.4, -0.2) is 16.3 Å². The topological polar surface area (TPSA) is 52.5 Å². The van der Waals surface area contributed by atoms with Crippen LogP contribution in [0, 0.1) is 5.92 Å². The van der Waals surface area contributed by atoms with Gasteiger partial charge < -0.3 is 15.5 Å². The maximum atomic E-state index is 9.43. The fourth-order valence-corrected chi connectivity index (χ4v) is 2.72. The minimum absolute atomic E-state index is 0.0380. The van der Waals surface area contributed by atoms with Gasteiger partial charge in [0.05, 0.1) is 0 Å². The lowest BCUT2D eigenvalue weighted by atomic mass is 9.84. The van der Waals surface area contributed by atoms with Gasteiger partial charge >= 0.3 is 0 Å². The van der Waals surface area contributed by atoms with Crippen molar-refractivity contribution in [2.75, 3.05) is 0 Å². The van der Waals surface area contributed by atoms with Crippen LogP contribution >= 0.6 is 0 Å². The maximum Gasteiger partial charge on any atom is 0.157 e. The fraction of sp³-hybridized carbons (Fsp3) is 0.600. The summed E-state index contributed by atoms with van der Waals surface area (Å²) >= 11 is 0. The normalized spacial score (nSPS) is 24.1. The van der Waals surface area contributed by atoms with Crippen molar-refractivity contribution in [2.24, 2.45) is 5.92 Å². The molecule has 1 aromatic rings. The Bertz CT molecular complexity index is 384. The molecule has 1 saturated carbocycles. The van der Waals surface area contributed by atoms with E-state index in [1.54, 1.807) is 12.1 Å². The first-order valence-corrected chi connectivity index (χ1v) is 6.93. The third kappa shape index (κ3) is 3.39. The molecule has 0 radical (unpaired) electrons. The van der Waals surface area contributed by atoms with Gasteiger partial charge in [0, 0.05) is 12.6 Å². The van der Waals surface area contributed by atoms with Gasteiger partial charge in [-0.05, 0) is 49.3 Å². The highest BCUT2D eigenvalue weighted by molar-refractivity contribution is 5.40. The van der Waals surface area contributed by atoms with Gasteiger partial charge in [0.2, 0.25) is 0 Å². The third-order valence-corrected chi connectivity index (χ3v) is 4.06. The Morgan fingerprint density at radius 3 is 2.44 bits per heavy atom. The Labute approximate surface area is 109 Å². The summed E-state index contributed by atoms with van der Waals surface area (Å²) in [5.41, 5.74) is 1.02. The van der Waals surface area contributed by atoms with Gasteiger partial charge in [-0.1, -0.05) is 19.4 Å². The van der Waals surface area contributed by atoms with E-state index in [0.29, 0.717) is 6.04 Å². The number of rotatable bonds is 4. The number of benzene rings is 1. The van der Waals surface area contributed by atoms with Crippen molar-refractivity contribution in [2.45, 2.75) is 51.6 Å². The first kappa shape index (κ1) is 13.2. The first-order chi connectivity index (χ1) is 8.69. The van der Waals surface area contributed by atoms with E-state index in [2.05, 4.69) is 12.2 Å². The maximum absolute atomic E-state index is 9.43. The van der Waals surface area contributed by atoms with Gasteiger partial charge in [0.25, 0.3) is 0 Å². The summed E-state index contributed by atoms with van der Waals surface area (Å²) in [6.45, 7) is 3.03. The Morgan fingerprint density at radius 1 is 1.11 bits per heavy atom. The smallest absolute Gasteiger partial charge is 0.157 e. The molecule has 0 aromatic heterocycles. The molecule has 3 nitrogen and oxygen atoms in total. The summed E-state index contributed by atoms with van der Waals surface area (Å²) in [7, 11) is 0. The quantitative estimate of drug-likeness (QED) is 0.718. The van der Waals surface area contributed by atoms with Crippen LogP contribution in [0.25, 0.3) is 0 Å². The minimum Gasteiger partial charge on any atom is -0.504 e. The zero-order chi connectivity index (χ0) is 13.0. The lowest BCUT2D eigenvalue weighted by Crippen LogP contribution is -2.32. The van der Waals surface area contributed by atoms with E-state index in [1.807, 2.05) is 6.07 Å². The van der Waals surface area contributed by atoms with E-state index in [-0.39, 0.29) is 11.5 Å². The Kier molecular flexibility index (Phi) is 4.48. The number of hydrogen-bond acceptors (Lipinski definition) is 3. The van der Waals surface area contributed by atoms with Gasteiger partial charge in [0.1, 0.15) is 0 Å². The van der Waals surface area contributed by atoms with Gasteiger partial charge in [-0.25, -0.2) is 0 Å². The highest BCUT2D eigenvalue weighted by Crippen LogP contribution is 2.27. The highest BCUT2D eigenvalue weighted by Gasteiger charge is 2.19. The molecule has 1 fully saturated rings. The van der Waals surface area contributed by atoms with Crippen LogP contribution in [-0.2, 0) is 6.54 Å². The van der Waals surface area contributed by atoms with E-state index in [1.165, 1.54) is 32.1 Å². The molecular weight excluding hydrogens is 226 g/mol. The van der Waals surface area contributed by atoms with E-state index in [4.69, 9.17) is 0 Å². The fourth-order valence-electron chi connectivity index (χ4n) is 2.72. The molecule has 3 heteroatoms. The highest BCUT2D eigenvalue weighted by atomic mass is 16.3. The molecule has 1 aliphatic carbocycles. The number of phenols is 2. The van der Waals surface area contributed by atoms with E-state index >= 15 is 0 Å². The molecule has 2 rings (SSSR count). The molecule has 0 aliphatic heterocycles. The molecule has 1 aliphatic rings. The summed E-state index contributed by atoms with van der Waals surface area (Å²) < 4.78 is 0. The van der Waals surface area contributed by atoms with Crippen molar-refractivity contribution in [3.05, 3.63) is 23.8 Å². The number of aromatic hydroxyl groups is 2. The summed E-state index contributed by atoms with van der Waals surface area (Å²) in [6, 6.07) is 5.61. The molecular formula is C15H23NO2. The Balaban J connectivity index is 1.79. The molecule has 0 bridgehead atoms. The number of phenolic OH excluding ortho intramolecular Hbond substituents is 2. The molecule has 0 saturated heterocycles. The van der Waals surface area contributed by atoms with Crippen LogP contribution in [0.1, 0.15) is 44.6 Å². The predicted molar refractivity (Wildman–Crippen MR) is 72.6 cm³/mol. The van der Waals surface area contributed by atoms with Crippen molar-refractivity contribution in [3.63, 3.8) is 0 Å². The summed E-state index contributed by atoms with van der Waals surface area (Å²) in [5, 5.41) is 22.2. The molecule has 100 valence electrons. The van der Waals surface area contributed by atoms with Crippen LogP contribution < -0.4 is 5.32 Å². The Morgan fingerprint density at radius 2 is 1.83 bits per heavy atom. The number of hydrogen-bond donors (Lipinski definition) is 3. The molecule has 0 amide bonds. The second-order valence-electron chi connectivity index (χ2n) is 5.33. The van der Waals surface area contributed by atoms with E-state index < -0.39 is 0 Å².